The van der Waals surface area contributed by atoms with Crippen molar-refractivity contribution in [2.24, 2.45) is 5.92 Å². The van der Waals surface area contributed by atoms with Gasteiger partial charge in [0.2, 0.25) is 11.8 Å². The van der Waals surface area contributed by atoms with Crippen LogP contribution in [-0.2, 0) is 16.0 Å². The Morgan fingerprint density at radius 2 is 1.85 bits per heavy atom. The van der Waals surface area contributed by atoms with Gasteiger partial charge in [-0.15, -0.1) is 12.4 Å². The Kier molecular flexibility index (Phi) is 7.36. The van der Waals surface area contributed by atoms with Crippen LogP contribution in [0.4, 0.5) is 11.4 Å². The molecule has 2 aromatic rings. The maximum Gasteiger partial charge on any atom is 0.239 e. The first-order valence-corrected chi connectivity index (χ1v) is 9.10. The highest BCUT2D eigenvalue weighted by molar-refractivity contribution is 6.42. The molecule has 1 heterocycles. The van der Waals surface area contributed by atoms with Crippen LogP contribution in [0.1, 0.15) is 12.0 Å². The van der Waals surface area contributed by atoms with Crippen LogP contribution in [0.25, 0.3) is 0 Å². The maximum absolute atomic E-state index is 12.6. The Balaban J connectivity index is 0.00000261. The van der Waals surface area contributed by atoms with Gasteiger partial charge in [-0.2, -0.15) is 0 Å². The molecule has 1 saturated heterocycles. The van der Waals surface area contributed by atoms with Gasteiger partial charge in [0, 0.05) is 24.5 Å². The topological polar surface area (TPSA) is 75.4 Å². The fourth-order valence-corrected chi connectivity index (χ4v) is 3.26. The van der Waals surface area contributed by atoms with E-state index in [1.54, 1.807) is 23.1 Å². The van der Waals surface area contributed by atoms with E-state index in [-0.39, 0.29) is 24.2 Å². The first-order chi connectivity index (χ1) is 12.5. The van der Waals surface area contributed by atoms with E-state index in [1.807, 2.05) is 24.3 Å². The average molecular weight is 429 g/mol. The van der Waals surface area contributed by atoms with Gasteiger partial charge in [-0.25, -0.2) is 0 Å². The second kappa shape index (κ2) is 9.31. The van der Waals surface area contributed by atoms with Gasteiger partial charge in [0.15, 0.2) is 0 Å². The minimum absolute atomic E-state index is 0. The molecule has 0 spiro atoms. The molecule has 2 aromatic carbocycles. The Labute approximate surface area is 174 Å². The number of carbonyl (C=O) groups excluding carboxylic acids is 2. The lowest BCUT2D eigenvalue weighted by Crippen LogP contribution is -2.37. The molecule has 3 N–H and O–H groups in total. The number of amides is 2. The van der Waals surface area contributed by atoms with Crippen molar-refractivity contribution in [3.8, 4) is 0 Å². The molecule has 1 aliphatic heterocycles. The fraction of sp³-hybridized carbons (Fsp3) is 0.263. The number of rotatable bonds is 5. The number of benzene rings is 2. The molecule has 1 aliphatic rings. The van der Waals surface area contributed by atoms with E-state index in [9.17, 15) is 9.59 Å². The number of anilines is 2. The first-order valence-electron chi connectivity index (χ1n) is 8.34. The van der Waals surface area contributed by atoms with Crippen LogP contribution < -0.4 is 16.0 Å². The van der Waals surface area contributed by atoms with E-state index in [0.717, 1.165) is 5.56 Å². The van der Waals surface area contributed by atoms with E-state index < -0.39 is 5.92 Å². The quantitative estimate of drug-likeness (QED) is 0.563. The minimum Gasteiger partial charge on any atom is -0.399 e. The van der Waals surface area contributed by atoms with Crippen molar-refractivity contribution >= 4 is 58.8 Å². The summed E-state index contributed by atoms with van der Waals surface area (Å²) in [4.78, 5) is 26.5. The van der Waals surface area contributed by atoms with Gasteiger partial charge in [0.05, 0.1) is 10.0 Å². The molecular weight excluding hydrogens is 409 g/mol. The smallest absolute Gasteiger partial charge is 0.239 e. The molecule has 0 bridgehead atoms. The van der Waals surface area contributed by atoms with Crippen molar-refractivity contribution in [3.05, 3.63) is 58.1 Å². The first kappa shape index (κ1) is 21.4. The minimum atomic E-state index is -0.670. The SMILES string of the molecule is Cl.Nc1ccc(CCNC(=O)C2CCN(c3ccc(Cl)c(Cl)c3)C2=O)cc1. The van der Waals surface area contributed by atoms with Crippen molar-refractivity contribution in [2.75, 3.05) is 23.7 Å². The molecule has 0 saturated carbocycles. The summed E-state index contributed by atoms with van der Waals surface area (Å²) in [5.41, 5.74) is 8.09. The molecule has 144 valence electrons. The molecular formula is C19H20Cl3N3O2. The Morgan fingerprint density at radius 3 is 2.52 bits per heavy atom. The van der Waals surface area contributed by atoms with Crippen molar-refractivity contribution in [2.45, 2.75) is 12.8 Å². The summed E-state index contributed by atoms with van der Waals surface area (Å²) >= 11 is 11.9. The highest BCUT2D eigenvalue weighted by Gasteiger charge is 2.37. The molecule has 0 radical (unpaired) electrons. The van der Waals surface area contributed by atoms with Crippen LogP contribution in [0.2, 0.25) is 10.0 Å². The summed E-state index contributed by atoms with van der Waals surface area (Å²) in [5.74, 6) is -1.13. The van der Waals surface area contributed by atoms with Gasteiger partial charge in [0.1, 0.15) is 5.92 Å². The molecule has 0 aromatic heterocycles. The number of nitrogen functional groups attached to an aromatic ring is 1. The zero-order valence-corrected chi connectivity index (χ0v) is 16.8. The number of hydrogen-bond acceptors (Lipinski definition) is 3. The van der Waals surface area contributed by atoms with Gasteiger partial charge in [-0.3, -0.25) is 9.59 Å². The largest absolute Gasteiger partial charge is 0.399 e. The summed E-state index contributed by atoms with van der Waals surface area (Å²) in [7, 11) is 0. The highest BCUT2D eigenvalue weighted by Crippen LogP contribution is 2.31. The third kappa shape index (κ3) is 5.06. The third-order valence-corrected chi connectivity index (χ3v) is 5.17. The lowest BCUT2D eigenvalue weighted by Gasteiger charge is -2.17. The molecule has 0 aliphatic carbocycles. The summed E-state index contributed by atoms with van der Waals surface area (Å²) in [6.45, 7) is 0.951. The molecule has 8 heteroatoms. The molecule has 5 nitrogen and oxygen atoms in total. The van der Waals surface area contributed by atoms with Crippen LogP contribution in [-0.4, -0.2) is 24.9 Å². The zero-order valence-electron chi connectivity index (χ0n) is 14.5. The van der Waals surface area contributed by atoms with Crippen molar-refractivity contribution in [1.29, 1.82) is 0 Å². The predicted octanol–water partition coefficient (Wildman–Crippen LogP) is 3.71. The maximum atomic E-state index is 12.6. The van der Waals surface area contributed by atoms with Gasteiger partial charge in [-0.1, -0.05) is 35.3 Å². The lowest BCUT2D eigenvalue weighted by atomic mass is 10.1. The third-order valence-electron chi connectivity index (χ3n) is 4.43. The number of nitrogens with zero attached hydrogens (tertiary/aromatic N) is 1. The number of nitrogens with two attached hydrogens (primary N) is 1. The Hall–Kier alpha value is -1.95. The fourth-order valence-electron chi connectivity index (χ4n) is 2.97. The normalized spacial score (nSPS) is 16.1. The van der Waals surface area contributed by atoms with Crippen LogP contribution in [0.15, 0.2) is 42.5 Å². The summed E-state index contributed by atoms with van der Waals surface area (Å²) in [5, 5.41) is 3.66. The molecule has 2 amide bonds. The number of hydrogen-bond donors (Lipinski definition) is 2. The number of nitrogens with one attached hydrogen (secondary N) is 1. The molecule has 1 unspecified atom stereocenters. The predicted molar refractivity (Wildman–Crippen MR) is 112 cm³/mol. The number of carbonyl (C=O) groups is 2. The number of halogens is 3. The molecule has 3 rings (SSSR count). The Morgan fingerprint density at radius 1 is 1.15 bits per heavy atom. The standard InChI is InChI=1S/C19H19Cl2N3O2.ClH/c20-16-6-5-14(11-17(16)21)24-10-8-15(19(24)26)18(25)23-9-7-12-1-3-13(22)4-2-12;/h1-6,11,15H,7-10,22H2,(H,23,25);1H. The van der Waals surface area contributed by atoms with E-state index in [4.69, 9.17) is 28.9 Å². The van der Waals surface area contributed by atoms with Gasteiger partial charge < -0.3 is 16.0 Å². The van der Waals surface area contributed by atoms with Crippen molar-refractivity contribution < 1.29 is 9.59 Å². The molecule has 27 heavy (non-hydrogen) atoms. The summed E-state index contributed by atoms with van der Waals surface area (Å²) in [6, 6.07) is 12.5. The zero-order chi connectivity index (χ0) is 18.7. The molecule has 1 fully saturated rings. The highest BCUT2D eigenvalue weighted by atomic mass is 35.5. The van der Waals surface area contributed by atoms with E-state index >= 15 is 0 Å². The van der Waals surface area contributed by atoms with Crippen molar-refractivity contribution in [3.63, 3.8) is 0 Å². The van der Waals surface area contributed by atoms with Crippen molar-refractivity contribution in [1.82, 2.24) is 5.32 Å². The summed E-state index contributed by atoms with van der Waals surface area (Å²) in [6.07, 6.45) is 1.16. The van der Waals surface area contributed by atoms with Gasteiger partial charge in [-0.05, 0) is 48.7 Å². The second-order valence-corrected chi connectivity index (χ2v) is 7.03. The van der Waals surface area contributed by atoms with Gasteiger partial charge >= 0.3 is 0 Å². The lowest BCUT2D eigenvalue weighted by molar-refractivity contribution is -0.132. The average Bonchev–Trinajstić information content (AvgIpc) is 3.00. The van der Waals surface area contributed by atoms with E-state index in [2.05, 4.69) is 5.32 Å². The monoisotopic (exact) mass is 427 g/mol. The van der Waals surface area contributed by atoms with Gasteiger partial charge in [0.25, 0.3) is 0 Å². The second-order valence-electron chi connectivity index (χ2n) is 6.21. The van der Waals surface area contributed by atoms with Crippen LogP contribution in [0, 0.1) is 5.92 Å². The van der Waals surface area contributed by atoms with E-state index in [1.165, 1.54) is 0 Å². The van der Waals surface area contributed by atoms with Crippen LogP contribution in [0.5, 0.6) is 0 Å². The van der Waals surface area contributed by atoms with E-state index in [0.29, 0.717) is 47.4 Å². The Bertz CT molecular complexity index is 827. The van der Waals surface area contributed by atoms with Crippen LogP contribution >= 0.6 is 35.6 Å². The van der Waals surface area contributed by atoms with Crippen LogP contribution in [0.3, 0.4) is 0 Å². The summed E-state index contributed by atoms with van der Waals surface area (Å²) < 4.78 is 0. The molecule has 1 atom stereocenters.